The molecule has 0 fully saturated rings. The molecular formula is C19H18ClN3O4. The highest BCUT2D eigenvalue weighted by Gasteiger charge is 2.27. The first kappa shape index (κ1) is 18.8. The number of aliphatic carboxylic acids is 2. The van der Waals surface area contributed by atoms with E-state index in [1.165, 1.54) is 0 Å². The van der Waals surface area contributed by atoms with Gasteiger partial charge in [0.1, 0.15) is 0 Å². The van der Waals surface area contributed by atoms with Crippen LogP contribution in [0.2, 0.25) is 5.02 Å². The van der Waals surface area contributed by atoms with Crippen molar-refractivity contribution in [3.8, 4) is 0 Å². The third-order valence-electron chi connectivity index (χ3n) is 4.43. The molecule has 0 atom stereocenters. The Morgan fingerprint density at radius 2 is 1.89 bits per heavy atom. The van der Waals surface area contributed by atoms with Gasteiger partial charge in [-0.3, -0.25) is 9.59 Å². The molecule has 140 valence electrons. The standard InChI is InChI=1S/C19H18ClN3O4/c20-15-7-6-12-8-11-23(19-21-9-3-10-22-19)16(12)13(15)4-1-2-5-14(17(24)25)18(26)27/h1-3,6-7,9-10,14H,4-5,8,11H2,(H,24,25)(H,26,27). The second-order valence-corrected chi connectivity index (χ2v) is 6.53. The number of carboxylic acids is 2. The van der Waals surface area contributed by atoms with Crippen LogP contribution in [0.5, 0.6) is 0 Å². The van der Waals surface area contributed by atoms with Gasteiger partial charge < -0.3 is 15.1 Å². The average Bonchev–Trinajstić information content (AvgIpc) is 3.07. The molecule has 0 spiro atoms. The molecule has 1 aliphatic rings. The molecule has 1 aromatic heterocycles. The van der Waals surface area contributed by atoms with Gasteiger partial charge in [0, 0.05) is 24.0 Å². The monoisotopic (exact) mass is 387 g/mol. The quantitative estimate of drug-likeness (QED) is 0.555. The number of hydrogen-bond acceptors (Lipinski definition) is 5. The lowest BCUT2D eigenvalue weighted by molar-refractivity contribution is -0.154. The topological polar surface area (TPSA) is 104 Å². The number of allylic oxidation sites excluding steroid dienone is 2. The Morgan fingerprint density at radius 3 is 2.56 bits per heavy atom. The highest BCUT2D eigenvalue weighted by atomic mass is 35.5. The van der Waals surface area contributed by atoms with E-state index in [0.717, 1.165) is 29.8 Å². The zero-order valence-corrected chi connectivity index (χ0v) is 15.1. The van der Waals surface area contributed by atoms with Gasteiger partial charge in [0.05, 0.1) is 5.69 Å². The SMILES string of the molecule is O=C(O)C(CC=CCc1c(Cl)ccc2c1N(c1ncccn1)CC2)C(=O)O. The van der Waals surface area contributed by atoms with E-state index >= 15 is 0 Å². The summed E-state index contributed by atoms with van der Waals surface area (Å²) >= 11 is 6.41. The zero-order chi connectivity index (χ0) is 19.4. The summed E-state index contributed by atoms with van der Waals surface area (Å²) in [5, 5.41) is 18.5. The summed E-state index contributed by atoms with van der Waals surface area (Å²) < 4.78 is 0. The van der Waals surface area contributed by atoms with Gasteiger partial charge in [0.15, 0.2) is 5.92 Å². The minimum Gasteiger partial charge on any atom is -0.481 e. The van der Waals surface area contributed by atoms with Crippen LogP contribution in [0.1, 0.15) is 17.5 Å². The van der Waals surface area contributed by atoms with E-state index in [2.05, 4.69) is 9.97 Å². The number of fused-ring (bicyclic) bond motifs is 1. The number of carbonyl (C=O) groups is 2. The van der Waals surface area contributed by atoms with E-state index in [1.54, 1.807) is 30.6 Å². The van der Waals surface area contributed by atoms with Crippen LogP contribution in [0, 0.1) is 5.92 Å². The Hall–Kier alpha value is -2.93. The molecule has 0 unspecified atom stereocenters. The van der Waals surface area contributed by atoms with Crippen LogP contribution in [0.25, 0.3) is 0 Å². The van der Waals surface area contributed by atoms with Gasteiger partial charge in [-0.05, 0) is 42.5 Å². The Bertz CT molecular complexity index is 872. The highest BCUT2D eigenvalue weighted by molar-refractivity contribution is 6.31. The summed E-state index contributed by atoms with van der Waals surface area (Å²) in [6, 6.07) is 5.58. The van der Waals surface area contributed by atoms with Crippen molar-refractivity contribution in [2.24, 2.45) is 5.92 Å². The van der Waals surface area contributed by atoms with E-state index in [1.807, 2.05) is 17.0 Å². The van der Waals surface area contributed by atoms with Crippen molar-refractivity contribution in [3.05, 3.63) is 58.9 Å². The molecule has 0 aliphatic carbocycles. The van der Waals surface area contributed by atoms with Crippen molar-refractivity contribution in [1.82, 2.24) is 9.97 Å². The maximum Gasteiger partial charge on any atom is 0.318 e. The molecule has 2 N–H and O–H groups in total. The summed E-state index contributed by atoms with van der Waals surface area (Å²) in [6.45, 7) is 0.747. The van der Waals surface area contributed by atoms with Crippen molar-refractivity contribution >= 4 is 35.2 Å². The number of carboxylic acid groups (broad SMARTS) is 2. The predicted octanol–water partition coefficient (Wildman–Crippen LogP) is 3.10. The largest absolute Gasteiger partial charge is 0.481 e. The van der Waals surface area contributed by atoms with E-state index in [9.17, 15) is 9.59 Å². The Morgan fingerprint density at radius 1 is 1.19 bits per heavy atom. The lowest BCUT2D eigenvalue weighted by Gasteiger charge is -2.20. The highest BCUT2D eigenvalue weighted by Crippen LogP contribution is 2.39. The molecule has 0 bridgehead atoms. The first-order valence-corrected chi connectivity index (χ1v) is 8.82. The Labute approximate surface area is 160 Å². The van der Waals surface area contributed by atoms with Crippen LogP contribution in [0.3, 0.4) is 0 Å². The molecule has 8 heteroatoms. The van der Waals surface area contributed by atoms with E-state index in [-0.39, 0.29) is 6.42 Å². The fourth-order valence-corrected chi connectivity index (χ4v) is 3.34. The van der Waals surface area contributed by atoms with Gasteiger partial charge >= 0.3 is 11.9 Å². The fourth-order valence-electron chi connectivity index (χ4n) is 3.11. The normalized spacial score (nSPS) is 13.3. The maximum atomic E-state index is 11.0. The number of halogens is 1. The molecule has 1 aromatic carbocycles. The van der Waals surface area contributed by atoms with Gasteiger partial charge in [-0.2, -0.15) is 0 Å². The molecule has 0 amide bonds. The summed E-state index contributed by atoms with van der Waals surface area (Å²) in [7, 11) is 0. The van der Waals surface area contributed by atoms with Crippen LogP contribution < -0.4 is 4.90 Å². The average molecular weight is 388 g/mol. The van der Waals surface area contributed by atoms with Crippen LogP contribution in [0.15, 0.2) is 42.7 Å². The minimum atomic E-state index is -1.45. The lowest BCUT2D eigenvalue weighted by Crippen LogP contribution is -2.22. The lowest BCUT2D eigenvalue weighted by atomic mass is 10.0. The molecule has 0 saturated heterocycles. The van der Waals surface area contributed by atoms with Crippen molar-refractivity contribution < 1.29 is 19.8 Å². The summed E-state index contributed by atoms with van der Waals surface area (Å²) in [6.07, 6.45) is 7.91. The smallest absolute Gasteiger partial charge is 0.318 e. The number of anilines is 2. The molecule has 7 nitrogen and oxygen atoms in total. The first-order valence-electron chi connectivity index (χ1n) is 8.44. The van der Waals surface area contributed by atoms with Crippen molar-refractivity contribution in [2.45, 2.75) is 19.3 Å². The minimum absolute atomic E-state index is 0.0805. The third-order valence-corrected chi connectivity index (χ3v) is 4.79. The fraction of sp³-hybridized carbons (Fsp3) is 0.263. The summed E-state index contributed by atoms with van der Waals surface area (Å²) in [5.74, 6) is -3.55. The van der Waals surface area contributed by atoms with Crippen LogP contribution in [-0.4, -0.2) is 38.7 Å². The molecule has 0 saturated carbocycles. The third kappa shape index (κ3) is 4.09. The first-order chi connectivity index (χ1) is 13.0. The van der Waals surface area contributed by atoms with Gasteiger partial charge in [-0.25, -0.2) is 9.97 Å². The predicted molar refractivity (Wildman–Crippen MR) is 100 cm³/mol. The van der Waals surface area contributed by atoms with E-state index in [0.29, 0.717) is 17.4 Å². The van der Waals surface area contributed by atoms with Crippen molar-refractivity contribution in [1.29, 1.82) is 0 Å². The van der Waals surface area contributed by atoms with Gasteiger partial charge in [-0.1, -0.05) is 29.8 Å². The van der Waals surface area contributed by atoms with E-state index < -0.39 is 17.9 Å². The van der Waals surface area contributed by atoms with Crippen LogP contribution in [0.4, 0.5) is 11.6 Å². The number of aromatic nitrogens is 2. The van der Waals surface area contributed by atoms with Gasteiger partial charge in [0.25, 0.3) is 0 Å². The van der Waals surface area contributed by atoms with E-state index in [4.69, 9.17) is 21.8 Å². The van der Waals surface area contributed by atoms with Crippen LogP contribution >= 0.6 is 11.6 Å². The Balaban J connectivity index is 1.83. The molecular weight excluding hydrogens is 370 g/mol. The maximum absolute atomic E-state index is 11.0. The Kier molecular flexibility index (Phi) is 5.71. The van der Waals surface area contributed by atoms with Gasteiger partial charge in [0.2, 0.25) is 5.95 Å². The zero-order valence-electron chi connectivity index (χ0n) is 14.4. The molecule has 1 aliphatic heterocycles. The number of benzene rings is 1. The second-order valence-electron chi connectivity index (χ2n) is 6.12. The molecule has 27 heavy (non-hydrogen) atoms. The summed E-state index contributed by atoms with van der Waals surface area (Å²) in [5.41, 5.74) is 2.99. The molecule has 2 aromatic rings. The number of hydrogen-bond donors (Lipinski definition) is 2. The van der Waals surface area contributed by atoms with Crippen molar-refractivity contribution in [2.75, 3.05) is 11.4 Å². The number of nitrogens with zero attached hydrogens (tertiary/aromatic N) is 3. The van der Waals surface area contributed by atoms with Gasteiger partial charge in [-0.15, -0.1) is 0 Å². The van der Waals surface area contributed by atoms with Crippen LogP contribution in [-0.2, 0) is 22.4 Å². The summed E-state index contributed by atoms with van der Waals surface area (Å²) in [4.78, 5) is 32.6. The second kappa shape index (κ2) is 8.18. The molecule has 0 radical (unpaired) electrons. The molecule has 2 heterocycles. The molecule has 3 rings (SSSR count). The van der Waals surface area contributed by atoms with Crippen molar-refractivity contribution in [3.63, 3.8) is 0 Å². The number of rotatable bonds is 7.